The zero-order chi connectivity index (χ0) is 15.6. The molecule has 23 heavy (non-hydrogen) atoms. The highest BCUT2D eigenvalue weighted by molar-refractivity contribution is 5.98. The summed E-state index contributed by atoms with van der Waals surface area (Å²) < 4.78 is 5.78. The maximum absolute atomic E-state index is 12.6. The summed E-state index contributed by atoms with van der Waals surface area (Å²) in [6.07, 6.45) is 7.42. The van der Waals surface area contributed by atoms with Crippen LogP contribution in [0.2, 0.25) is 0 Å². The quantitative estimate of drug-likeness (QED) is 0.805. The molecule has 6 nitrogen and oxygen atoms in total. The van der Waals surface area contributed by atoms with Crippen LogP contribution in [0.1, 0.15) is 16.8 Å². The average molecular weight is 308 g/mol. The molecule has 0 saturated carbocycles. The van der Waals surface area contributed by atoms with Crippen molar-refractivity contribution in [3.8, 4) is 5.88 Å². The molecule has 1 saturated heterocycles. The Morgan fingerprint density at radius 3 is 3.13 bits per heavy atom. The molecule has 0 radical (unpaired) electrons. The molecular formula is C17H16N4O2. The fraction of sp³-hybridized carbons (Fsp3) is 0.235. The molecule has 1 N–H and O–H groups in total. The molecule has 1 aliphatic heterocycles. The van der Waals surface area contributed by atoms with Crippen molar-refractivity contribution < 1.29 is 9.53 Å². The number of ether oxygens (including phenoxy) is 1. The second kappa shape index (κ2) is 5.72. The second-order valence-corrected chi connectivity index (χ2v) is 5.60. The van der Waals surface area contributed by atoms with Crippen molar-refractivity contribution in [2.75, 3.05) is 13.1 Å². The SMILES string of the molecule is O=C(c1ccc2cc[nH]c2c1)N1CCC(Oc2cnccn2)C1. The molecule has 1 aliphatic rings. The standard InChI is InChI=1S/C17H16N4O2/c22-17(13-2-1-12-3-5-19-15(12)9-13)21-8-4-14(11-21)23-16-10-18-6-7-20-16/h1-3,5-7,9-10,14,19H,4,8,11H2. The summed E-state index contributed by atoms with van der Waals surface area (Å²) in [6, 6.07) is 7.72. The molecule has 116 valence electrons. The van der Waals surface area contributed by atoms with Crippen LogP contribution in [0.3, 0.4) is 0 Å². The maximum Gasteiger partial charge on any atom is 0.254 e. The van der Waals surface area contributed by atoms with Crippen molar-refractivity contribution >= 4 is 16.8 Å². The smallest absolute Gasteiger partial charge is 0.254 e. The fourth-order valence-corrected chi connectivity index (χ4v) is 2.89. The number of rotatable bonds is 3. The van der Waals surface area contributed by atoms with Gasteiger partial charge in [0.2, 0.25) is 5.88 Å². The Kier molecular flexibility index (Phi) is 3.42. The minimum atomic E-state index is -0.0372. The van der Waals surface area contributed by atoms with Gasteiger partial charge in [-0.05, 0) is 23.6 Å². The Morgan fingerprint density at radius 1 is 1.30 bits per heavy atom. The number of hydrogen-bond acceptors (Lipinski definition) is 4. The highest BCUT2D eigenvalue weighted by Gasteiger charge is 2.28. The molecular weight excluding hydrogens is 292 g/mol. The molecule has 0 aliphatic carbocycles. The molecule has 3 heterocycles. The monoisotopic (exact) mass is 308 g/mol. The van der Waals surface area contributed by atoms with Crippen molar-refractivity contribution in [1.29, 1.82) is 0 Å². The number of nitrogens with zero attached hydrogens (tertiary/aromatic N) is 3. The van der Waals surface area contributed by atoms with Gasteiger partial charge >= 0.3 is 0 Å². The minimum Gasteiger partial charge on any atom is -0.471 e. The van der Waals surface area contributed by atoms with Crippen molar-refractivity contribution in [1.82, 2.24) is 19.9 Å². The summed E-state index contributed by atoms with van der Waals surface area (Å²) in [6.45, 7) is 1.25. The molecule has 4 rings (SSSR count). The summed E-state index contributed by atoms with van der Waals surface area (Å²) >= 11 is 0. The molecule has 1 aromatic carbocycles. The lowest BCUT2D eigenvalue weighted by Gasteiger charge is -2.17. The van der Waals surface area contributed by atoms with E-state index in [4.69, 9.17) is 4.74 Å². The summed E-state index contributed by atoms with van der Waals surface area (Å²) in [5, 5.41) is 1.10. The van der Waals surface area contributed by atoms with E-state index in [0.717, 1.165) is 17.3 Å². The maximum atomic E-state index is 12.6. The van der Waals surface area contributed by atoms with Crippen molar-refractivity contribution in [2.45, 2.75) is 12.5 Å². The van der Waals surface area contributed by atoms with E-state index in [0.29, 0.717) is 24.5 Å². The number of H-pyrrole nitrogens is 1. The molecule has 2 aromatic heterocycles. The zero-order valence-corrected chi connectivity index (χ0v) is 12.5. The first-order chi connectivity index (χ1) is 11.3. The number of nitrogens with one attached hydrogen (secondary N) is 1. The van der Waals surface area contributed by atoms with Crippen LogP contribution >= 0.6 is 0 Å². The van der Waals surface area contributed by atoms with Gasteiger partial charge in [0.1, 0.15) is 6.10 Å². The predicted octanol–water partition coefficient (Wildman–Crippen LogP) is 2.25. The average Bonchev–Trinajstić information content (AvgIpc) is 3.23. The van der Waals surface area contributed by atoms with Crippen LogP contribution in [-0.2, 0) is 0 Å². The second-order valence-electron chi connectivity index (χ2n) is 5.60. The van der Waals surface area contributed by atoms with Gasteiger partial charge < -0.3 is 14.6 Å². The number of carbonyl (C=O) groups is 1. The van der Waals surface area contributed by atoms with Crippen molar-refractivity contribution in [2.24, 2.45) is 0 Å². The van der Waals surface area contributed by atoms with Crippen LogP contribution in [0.25, 0.3) is 10.9 Å². The first-order valence-corrected chi connectivity index (χ1v) is 7.59. The predicted molar refractivity (Wildman–Crippen MR) is 85.3 cm³/mol. The molecule has 3 aromatic rings. The highest BCUT2D eigenvalue weighted by atomic mass is 16.5. The van der Waals surface area contributed by atoms with E-state index in [2.05, 4.69) is 15.0 Å². The number of amides is 1. The van der Waals surface area contributed by atoms with Gasteiger partial charge in [0.15, 0.2) is 0 Å². The molecule has 1 atom stereocenters. The summed E-state index contributed by atoms with van der Waals surface area (Å²) in [7, 11) is 0. The number of benzene rings is 1. The Morgan fingerprint density at radius 2 is 2.26 bits per heavy atom. The summed E-state index contributed by atoms with van der Waals surface area (Å²) in [5.74, 6) is 0.534. The Bertz CT molecular complexity index is 831. The van der Waals surface area contributed by atoms with Crippen molar-refractivity contribution in [3.63, 3.8) is 0 Å². The Labute approximate surface area is 133 Å². The number of fused-ring (bicyclic) bond motifs is 1. The highest BCUT2D eigenvalue weighted by Crippen LogP contribution is 2.20. The third kappa shape index (κ3) is 2.75. The van der Waals surface area contributed by atoms with E-state index >= 15 is 0 Å². The number of aromatic nitrogens is 3. The topological polar surface area (TPSA) is 71.1 Å². The lowest BCUT2D eigenvalue weighted by atomic mass is 10.1. The van der Waals surface area contributed by atoms with Gasteiger partial charge in [-0.25, -0.2) is 4.98 Å². The van der Waals surface area contributed by atoms with Gasteiger partial charge in [0, 0.05) is 42.6 Å². The molecule has 0 spiro atoms. The van der Waals surface area contributed by atoms with Gasteiger partial charge in [-0.1, -0.05) is 6.07 Å². The lowest BCUT2D eigenvalue weighted by molar-refractivity contribution is 0.0771. The van der Waals surface area contributed by atoms with E-state index < -0.39 is 0 Å². The van der Waals surface area contributed by atoms with Crippen LogP contribution in [0.15, 0.2) is 49.1 Å². The zero-order valence-electron chi connectivity index (χ0n) is 12.5. The van der Waals surface area contributed by atoms with Crippen LogP contribution < -0.4 is 4.74 Å². The first kappa shape index (κ1) is 13.8. The first-order valence-electron chi connectivity index (χ1n) is 7.59. The van der Waals surface area contributed by atoms with Crippen LogP contribution in [-0.4, -0.2) is 45.0 Å². The van der Waals surface area contributed by atoms with Crippen LogP contribution in [0, 0.1) is 0 Å². The van der Waals surface area contributed by atoms with E-state index in [1.807, 2.05) is 35.4 Å². The van der Waals surface area contributed by atoms with E-state index in [1.165, 1.54) is 0 Å². The fourth-order valence-electron chi connectivity index (χ4n) is 2.89. The largest absolute Gasteiger partial charge is 0.471 e. The van der Waals surface area contributed by atoms with E-state index in [1.54, 1.807) is 18.6 Å². The van der Waals surface area contributed by atoms with Crippen LogP contribution in [0.4, 0.5) is 0 Å². The summed E-state index contributed by atoms with van der Waals surface area (Å²) in [5.41, 5.74) is 1.67. The van der Waals surface area contributed by atoms with Gasteiger partial charge in [0.25, 0.3) is 5.91 Å². The van der Waals surface area contributed by atoms with Gasteiger partial charge in [-0.15, -0.1) is 0 Å². The molecule has 6 heteroatoms. The lowest BCUT2D eigenvalue weighted by Crippen LogP contribution is -2.31. The normalized spacial score (nSPS) is 17.6. The van der Waals surface area contributed by atoms with Crippen LogP contribution in [0.5, 0.6) is 5.88 Å². The molecule has 1 fully saturated rings. The van der Waals surface area contributed by atoms with Crippen molar-refractivity contribution in [3.05, 3.63) is 54.6 Å². The number of hydrogen-bond donors (Lipinski definition) is 1. The molecule has 0 bridgehead atoms. The number of aromatic amines is 1. The third-order valence-corrected chi connectivity index (χ3v) is 4.06. The molecule has 1 amide bonds. The minimum absolute atomic E-state index is 0.0340. The van der Waals surface area contributed by atoms with E-state index in [-0.39, 0.29) is 12.0 Å². The van der Waals surface area contributed by atoms with Gasteiger partial charge in [-0.2, -0.15) is 0 Å². The van der Waals surface area contributed by atoms with Gasteiger partial charge in [0.05, 0.1) is 12.7 Å². The Balaban J connectivity index is 1.45. The summed E-state index contributed by atoms with van der Waals surface area (Å²) in [4.78, 5) is 25.7. The number of likely N-dealkylation sites (tertiary alicyclic amines) is 1. The Hall–Kier alpha value is -2.89. The van der Waals surface area contributed by atoms with Gasteiger partial charge in [-0.3, -0.25) is 9.78 Å². The molecule has 1 unspecified atom stereocenters. The van der Waals surface area contributed by atoms with E-state index in [9.17, 15) is 4.79 Å². The number of carbonyl (C=O) groups excluding carboxylic acids is 1. The third-order valence-electron chi connectivity index (χ3n) is 4.06.